The highest BCUT2D eigenvalue weighted by Gasteiger charge is 2.19. The van der Waals surface area contributed by atoms with Crippen molar-refractivity contribution >= 4 is 6.09 Å². The number of phenols is 1. The van der Waals surface area contributed by atoms with Gasteiger partial charge in [0.2, 0.25) is 0 Å². The number of ether oxygens (including phenoxy) is 1. The second-order valence-corrected chi connectivity index (χ2v) is 7.32. The van der Waals surface area contributed by atoms with Crippen LogP contribution in [0.2, 0.25) is 0 Å². The highest BCUT2D eigenvalue weighted by atomic mass is 16.6. The van der Waals surface area contributed by atoms with Crippen molar-refractivity contribution in [2.75, 3.05) is 6.54 Å². The molecule has 0 heterocycles. The number of carbonyl (C=O) groups excluding carboxylic acids is 1. The first-order valence-corrected chi connectivity index (χ1v) is 8.64. The van der Waals surface area contributed by atoms with E-state index in [1.165, 1.54) is 0 Å². The Kier molecular flexibility index (Phi) is 7.55. The Morgan fingerprint density at radius 2 is 2.00 bits per heavy atom. The number of hydrogen-bond donors (Lipinski definition) is 3. The van der Waals surface area contributed by atoms with Gasteiger partial charge in [-0.25, -0.2) is 4.79 Å². The molecule has 24 heavy (non-hydrogen) atoms. The van der Waals surface area contributed by atoms with Crippen LogP contribution in [0, 0.1) is 6.92 Å². The number of alkyl carbamates (subject to hydrolysis) is 1. The smallest absolute Gasteiger partial charge is 0.407 e. The molecule has 136 valence electrons. The lowest BCUT2D eigenvalue weighted by molar-refractivity contribution is 0.0521. The van der Waals surface area contributed by atoms with Crippen LogP contribution in [0.5, 0.6) is 5.75 Å². The van der Waals surface area contributed by atoms with Crippen LogP contribution in [0.3, 0.4) is 0 Å². The molecule has 0 aliphatic heterocycles. The average molecular weight is 336 g/mol. The maximum atomic E-state index is 11.8. The van der Waals surface area contributed by atoms with Gasteiger partial charge in [-0.15, -0.1) is 0 Å². The van der Waals surface area contributed by atoms with Gasteiger partial charge < -0.3 is 20.5 Å². The summed E-state index contributed by atoms with van der Waals surface area (Å²) in [4.78, 5) is 11.8. The summed E-state index contributed by atoms with van der Waals surface area (Å²) in [7, 11) is 0. The third-order valence-electron chi connectivity index (χ3n) is 3.67. The predicted molar refractivity (Wildman–Crippen MR) is 97.3 cm³/mol. The van der Waals surface area contributed by atoms with Crippen molar-refractivity contribution in [1.29, 1.82) is 0 Å². The molecule has 2 unspecified atom stereocenters. The molecule has 1 aromatic carbocycles. The van der Waals surface area contributed by atoms with Gasteiger partial charge in [0.05, 0.1) is 0 Å². The third-order valence-corrected chi connectivity index (χ3v) is 3.67. The van der Waals surface area contributed by atoms with Crippen molar-refractivity contribution in [3.63, 3.8) is 0 Å². The number of carbonyl (C=O) groups is 1. The fourth-order valence-electron chi connectivity index (χ4n) is 2.58. The summed E-state index contributed by atoms with van der Waals surface area (Å²) in [5.41, 5.74) is 1.39. The maximum Gasteiger partial charge on any atom is 0.407 e. The van der Waals surface area contributed by atoms with E-state index in [1.54, 1.807) is 6.07 Å². The second kappa shape index (κ2) is 8.92. The minimum atomic E-state index is -0.501. The highest BCUT2D eigenvalue weighted by molar-refractivity contribution is 5.67. The van der Waals surface area contributed by atoms with Crippen molar-refractivity contribution in [3.05, 3.63) is 29.3 Å². The normalized spacial score (nSPS) is 14.1. The van der Waals surface area contributed by atoms with Gasteiger partial charge in [0.1, 0.15) is 11.4 Å². The van der Waals surface area contributed by atoms with Crippen molar-refractivity contribution in [1.82, 2.24) is 10.6 Å². The minimum absolute atomic E-state index is 0.0115. The topological polar surface area (TPSA) is 70.6 Å². The molecule has 0 bridgehead atoms. The van der Waals surface area contributed by atoms with Crippen LogP contribution in [0.1, 0.15) is 64.6 Å². The van der Waals surface area contributed by atoms with Crippen LogP contribution in [0.15, 0.2) is 18.2 Å². The number of hydrogen-bond acceptors (Lipinski definition) is 4. The molecule has 0 spiro atoms. The summed E-state index contributed by atoms with van der Waals surface area (Å²) < 4.78 is 5.27. The first-order valence-electron chi connectivity index (χ1n) is 8.64. The summed E-state index contributed by atoms with van der Waals surface area (Å²) in [6.45, 7) is 12.1. The van der Waals surface area contributed by atoms with E-state index in [0.717, 1.165) is 24.0 Å². The zero-order valence-electron chi connectivity index (χ0n) is 15.8. The number of benzene rings is 1. The van der Waals surface area contributed by atoms with Crippen LogP contribution in [-0.2, 0) is 4.74 Å². The molecular weight excluding hydrogens is 304 g/mol. The molecular formula is C19H32N2O3. The summed E-state index contributed by atoms with van der Waals surface area (Å²) in [6, 6.07) is 5.79. The van der Waals surface area contributed by atoms with Crippen molar-refractivity contribution in [2.45, 2.75) is 72.1 Å². The number of nitrogens with one attached hydrogen (secondary N) is 2. The van der Waals surface area contributed by atoms with Gasteiger partial charge in [-0.3, -0.25) is 0 Å². The van der Waals surface area contributed by atoms with E-state index in [1.807, 2.05) is 46.8 Å². The number of amides is 1. The Balaban J connectivity index is 2.63. The molecule has 0 aromatic heterocycles. The van der Waals surface area contributed by atoms with E-state index in [4.69, 9.17) is 4.74 Å². The van der Waals surface area contributed by atoms with Crippen LogP contribution >= 0.6 is 0 Å². The lowest BCUT2D eigenvalue weighted by Crippen LogP contribution is -2.43. The Bertz CT molecular complexity index is 538. The Morgan fingerprint density at radius 3 is 2.54 bits per heavy atom. The Labute approximate surface area is 145 Å². The summed E-state index contributed by atoms with van der Waals surface area (Å²) >= 11 is 0. The second-order valence-electron chi connectivity index (χ2n) is 7.32. The van der Waals surface area contributed by atoms with E-state index in [-0.39, 0.29) is 12.1 Å². The molecule has 0 saturated heterocycles. The summed E-state index contributed by atoms with van der Waals surface area (Å²) in [6.07, 6.45) is 1.52. The quantitative estimate of drug-likeness (QED) is 0.702. The molecule has 1 aromatic rings. The van der Waals surface area contributed by atoms with E-state index < -0.39 is 11.7 Å². The largest absolute Gasteiger partial charge is 0.508 e. The first kappa shape index (κ1) is 20.3. The summed E-state index contributed by atoms with van der Waals surface area (Å²) in [5, 5.41) is 16.4. The van der Waals surface area contributed by atoms with E-state index >= 15 is 0 Å². The van der Waals surface area contributed by atoms with Gasteiger partial charge >= 0.3 is 6.09 Å². The van der Waals surface area contributed by atoms with Gasteiger partial charge in [0.15, 0.2) is 0 Å². The van der Waals surface area contributed by atoms with Gasteiger partial charge in [-0.2, -0.15) is 0 Å². The number of aromatic hydroxyl groups is 1. The van der Waals surface area contributed by atoms with Crippen LogP contribution in [-0.4, -0.2) is 29.4 Å². The standard InChI is InChI=1S/C19H32N2O3/c1-7-8-15(12-20-18(23)24-19(4,5)6)21-14(3)16-10-9-13(2)11-17(16)22/h9-11,14-15,21-22H,7-8,12H2,1-6H3,(H,20,23). The first-order chi connectivity index (χ1) is 11.1. The van der Waals surface area contributed by atoms with E-state index in [0.29, 0.717) is 12.3 Å². The van der Waals surface area contributed by atoms with Crippen LogP contribution in [0.4, 0.5) is 4.79 Å². The van der Waals surface area contributed by atoms with Crippen molar-refractivity contribution in [3.8, 4) is 5.75 Å². The zero-order chi connectivity index (χ0) is 18.3. The fourth-order valence-corrected chi connectivity index (χ4v) is 2.58. The molecule has 0 radical (unpaired) electrons. The molecule has 0 saturated carbocycles. The lowest BCUT2D eigenvalue weighted by Gasteiger charge is -2.25. The Hall–Kier alpha value is -1.75. The number of aryl methyl sites for hydroxylation is 1. The molecule has 0 aliphatic carbocycles. The molecule has 2 atom stereocenters. The molecule has 0 aliphatic rings. The maximum absolute atomic E-state index is 11.8. The Morgan fingerprint density at radius 1 is 1.33 bits per heavy atom. The number of rotatable bonds is 7. The fraction of sp³-hybridized carbons (Fsp3) is 0.632. The molecule has 0 fully saturated rings. The summed E-state index contributed by atoms with van der Waals surface area (Å²) in [5.74, 6) is 0.297. The lowest BCUT2D eigenvalue weighted by atomic mass is 10.0. The molecule has 3 N–H and O–H groups in total. The third kappa shape index (κ3) is 7.21. The zero-order valence-corrected chi connectivity index (χ0v) is 15.8. The highest BCUT2D eigenvalue weighted by Crippen LogP contribution is 2.25. The van der Waals surface area contributed by atoms with Gasteiger partial charge in [-0.1, -0.05) is 25.5 Å². The monoisotopic (exact) mass is 336 g/mol. The van der Waals surface area contributed by atoms with Gasteiger partial charge in [0.25, 0.3) is 0 Å². The number of phenolic OH excluding ortho intramolecular Hbond substituents is 1. The predicted octanol–water partition coefficient (Wildman–Crippen LogP) is 4.04. The molecule has 1 amide bonds. The van der Waals surface area contributed by atoms with Crippen LogP contribution < -0.4 is 10.6 Å². The van der Waals surface area contributed by atoms with Crippen molar-refractivity contribution < 1.29 is 14.6 Å². The molecule has 5 heteroatoms. The van der Waals surface area contributed by atoms with Gasteiger partial charge in [0, 0.05) is 24.2 Å². The van der Waals surface area contributed by atoms with E-state index in [9.17, 15) is 9.90 Å². The molecule has 1 rings (SSSR count). The van der Waals surface area contributed by atoms with Crippen molar-refractivity contribution in [2.24, 2.45) is 0 Å². The van der Waals surface area contributed by atoms with E-state index in [2.05, 4.69) is 17.6 Å². The minimum Gasteiger partial charge on any atom is -0.508 e. The average Bonchev–Trinajstić information content (AvgIpc) is 2.43. The SMILES string of the molecule is CCCC(CNC(=O)OC(C)(C)C)NC(C)c1ccc(C)cc1O. The van der Waals surface area contributed by atoms with Crippen LogP contribution in [0.25, 0.3) is 0 Å². The molecule has 5 nitrogen and oxygen atoms in total. The van der Waals surface area contributed by atoms with Gasteiger partial charge in [-0.05, 0) is 52.7 Å².